The first-order valence-electron chi connectivity index (χ1n) is 7.10. The lowest BCUT2D eigenvalue weighted by molar-refractivity contribution is -0.132. The van der Waals surface area contributed by atoms with E-state index >= 15 is 0 Å². The molecule has 0 bridgehead atoms. The van der Waals surface area contributed by atoms with Crippen LogP contribution in [-0.2, 0) is 4.79 Å². The van der Waals surface area contributed by atoms with Crippen molar-refractivity contribution >= 4 is 16.9 Å². The van der Waals surface area contributed by atoms with Crippen molar-refractivity contribution in [1.29, 1.82) is 0 Å². The summed E-state index contributed by atoms with van der Waals surface area (Å²) in [6.07, 6.45) is 0.931. The number of amides is 1. The van der Waals surface area contributed by atoms with Crippen LogP contribution in [0.4, 0.5) is 0 Å². The molecule has 108 valence electrons. The fraction of sp³-hybridized carbons (Fsp3) is 0.438. The monoisotopic (exact) mass is 274 g/mol. The zero-order chi connectivity index (χ0) is 14.5. The molecular formula is C16H22N2O2. The highest BCUT2D eigenvalue weighted by Gasteiger charge is 2.22. The fourth-order valence-electron chi connectivity index (χ4n) is 2.39. The van der Waals surface area contributed by atoms with Gasteiger partial charge in [0, 0.05) is 11.9 Å². The van der Waals surface area contributed by atoms with Crippen LogP contribution in [0.15, 0.2) is 34.7 Å². The van der Waals surface area contributed by atoms with Crippen LogP contribution in [-0.4, -0.2) is 30.9 Å². The van der Waals surface area contributed by atoms with E-state index in [0.717, 1.165) is 29.7 Å². The molecule has 0 aliphatic carbocycles. The van der Waals surface area contributed by atoms with E-state index in [-0.39, 0.29) is 11.9 Å². The van der Waals surface area contributed by atoms with Gasteiger partial charge < -0.3 is 14.6 Å². The number of nitrogens with zero attached hydrogens (tertiary/aromatic N) is 1. The lowest BCUT2D eigenvalue weighted by atomic mass is 10.2. The third-order valence-electron chi connectivity index (χ3n) is 3.44. The Morgan fingerprint density at radius 2 is 2.15 bits per heavy atom. The largest absolute Gasteiger partial charge is 0.459 e. The molecule has 0 radical (unpaired) electrons. The summed E-state index contributed by atoms with van der Waals surface area (Å²) in [5.74, 6) is 0.936. The topological polar surface area (TPSA) is 45.5 Å². The van der Waals surface area contributed by atoms with Crippen molar-refractivity contribution in [2.45, 2.75) is 26.3 Å². The second-order valence-corrected chi connectivity index (χ2v) is 4.98. The molecule has 1 aromatic heterocycles. The van der Waals surface area contributed by atoms with E-state index in [9.17, 15) is 4.79 Å². The van der Waals surface area contributed by atoms with E-state index in [4.69, 9.17) is 4.42 Å². The van der Waals surface area contributed by atoms with Gasteiger partial charge in [-0.15, -0.1) is 0 Å². The van der Waals surface area contributed by atoms with Gasteiger partial charge in [0.2, 0.25) is 5.91 Å². The zero-order valence-corrected chi connectivity index (χ0v) is 12.3. The Bertz CT molecular complexity index is 544. The van der Waals surface area contributed by atoms with E-state index in [0.29, 0.717) is 6.54 Å². The molecule has 0 saturated heterocycles. The first kappa shape index (κ1) is 14.6. The molecule has 2 rings (SSSR count). The van der Waals surface area contributed by atoms with Gasteiger partial charge in [-0.05, 0) is 32.5 Å². The van der Waals surface area contributed by atoms with Gasteiger partial charge in [-0.25, -0.2) is 0 Å². The first-order valence-corrected chi connectivity index (χ1v) is 7.10. The molecule has 1 atom stereocenters. The van der Waals surface area contributed by atoms with E-state index < -0.39 is 0 Å². The summed E-state index contributed by atoms with van der Waals surface area (Å²) in [6.45, 7) is 5.18. The zero-order valence-electron chi connectivity index (χ0n) is 12.3. The van der Waals surface area contributed by atoms with Crippen LogP contribution >= 0.6 is 0 Å². The number of rotatable bonds is 6. The summed E-state index contributed by atoms with van der Waals surface area (Å²) in [5, 5.41) is 3.99. The fourth-order valence-corrected chi connectivity index (χ4v) is 2.39. The van der Waals surface area contributed by atoms with E-state index in [2.05, 4.69) is 12.2 Å². The number of nitrogens with one attached hydrogen (secondary N) is 1. The molecule has 1 aromatic carbocycles. The maximum Gasteiger partial charge on any atom is 0.237 e. The summed E-state index contributed by atoms with van der Waals surface area (Å²) in [7, 11) is 1.79. The Morgan fingerprint density at radius 1 is 1.40 bits per heavy atom. The summed E-state index contributed by atoms with van der Waals surface area (Å²) in [4.78, 5) is 14.1. The van der Waals surface area contributed by atoms with Gasteiger partial charge in [-0.1, -0.05) is 25.1 Å². The Labute approximate surface area is 119 Å². The molecule has 0 fully saturated rings. The SMILES string of the molecule is CCCN(C(=O)CNC)C(C)c1cc2ccccc2o1. The minimum Gasteiger partial charge on any atom is -0.459 e. The molecule has 20 heavy (non-hydrogen) atoms. The van der Waals surface area contributed by atoms with Crippen molar-refractivity contribution in [3.63, 3.8) is 0 Å². The number of furan rings is 1. The standard InChI is InChI=1S/C16H22N2O2/c1-4-9-18(16(19)11-17-3)12(2)15-10-13-7-5-6-8-14(13)20-15/h5-8,10,12,17H,4,9,11H2,1-3H3. The van der Waals surface area contributed by atoms with Crippen molar-refractivity contribution in [2.75, 3.05) is 20.1 Å². The molecule has 0 saturated carbocycles. The van der Waals surface area contributed by atoms with Crippen molar-refractivity contribution in [3.05, 3.63) is 36.1 Å². The predicted octanol–water partition coefficient (Wildman–Crippen LogP) is 2.95. The highest BCUT2D eigenvalue weighted by atomic mass is 16.3. The van der Waals surface area contributed by atoms with Crippen LogP contribution in [0.3, 0.4) is 0 Å². The van der Waals surface area contributed by atoms with Gasteiger partial charge >= 0.3 is 0 Å². The maximum absolute atomic E-state index is 12.2. The van der Waals surface area contributed by atoms with Crippen LogP contribution in [0, 0.1) is 0 Å². The lowest BCUT2D eigenvalue weighted by Crippen LogP contribution is -2.39. The quantitative estimate of drug-likeness (QED) is 0.881. The average Bonchev–Trinajstić information content (AvgIpc) is 2.88. The van der Waals surface area contributed by atoms with Crippen LogP contribution < -0.4 is 5.32 Å². The maximum atomic E-state index is 12.2. The van der Waals surface area contributed by atoms with Gasteiger partial charge in [-0.2, -0.15) is 0 Å². The normalized spacial score (nSPS) is 12.6. The predicted molar refractivity (Wildman–Crippen MR) is 80.6 cm³/mol. The molecule has 4 heteroatoms. The third kappa shape index (κ3) is 3.02. The van der Waals surface area contributed by atoms with Crippen LogP contribution in [0.2, 0.25) is 0 Å². The van der Waals surface area contributed by atoms with Gasteiger partial charge in [0.1, 0.15) is 11.3 Å². The van der Waals surface area contributed by atoms with Crippen LogP contribution in [0.1, 0.15) is 32.1 Å². The van der Waals surface area contributed by atoms with Crippen molar-refractivity contribution < 1.29 is 9.21 Å². The van der Waals surface area contributed by atoms with Crippen molar-refractivity contribution in [2.24, 2.45) is 0 Å². The molecule has 1 unspecified atom stereocenters. The Kier molecular flexibility index (Phi) is 4.79. The number of benzene rings is 1. The average molecular weight is 274 g/mol. The molecule has 2 aromatic rings. The van der Waals surface area contributed by atoms with Gasteiger partial charge in [0.25, 0.3) is 0 Å². The number of hydrogen-bond donors (Lipinski definition) is 1. The Hall–Kier alpha value is -1.81. The summed E-state index contributed by atoms with van der Waals surface area (Å²) < 4.78 is 5.87. The molecule has 1 amide bonds. The highest BCUT2D eigenvalue weighted by molar-refractivity contribution is 5.80. The Balaban J connectivity index is 2.25. The minimum atomic E-state index is -0.0526. The molecule has 1 N–H and O–H groups in total. The molecule has 0 aliphatic rings. The summed E-state index contributed by atoms with van der Waals surface area (Å²) >= 11 is 0. The van der Waals surface area contributed by atoms with E-state index in [1.807, 2.05) is 42.2 Å². The van der Waals surface area contributed by atoms with Crippen molar-refractivity contribution in [1.82, 2.24) is 10.2 Å². The second kappa shape index (κ2) is 6.57. The number of fused-ring (bicyclic) bond motifs is 1. The number of carbonyl (C=O) groups excluding carboxylic acids is 1. The third-order valence-corrected chi connectivity index (χ3v) is 3.44. The van der Waals surface area contributed by atoms with Gasteiger partial charge in [-0.3, -0.25) is 4.79 Å². The van der Waals surface area contributed by atoms with Gasteiger partial charge in [0.05, 0.1) is 12.6 Å². The highest BCUT2D eigenvalue weighted by Crippen LogP contribution is 2.27. The number of hydrogen-bond acceptors (Lipinski definition) is 3. The lowest BCUT2D eigenvalue weighted by Gasteiger charge is -2.27. The number of carbonyl (C=O) groups is 1. The molecule has 4 nitrogen and oxygen atoms in total. The summed E-state index contributed by atoms with van der Waals surface area (Å²) in [5.41, 5.74) is 0.867. The Morgan fingerprint density at radius 3 is 2.80 bits per heavy atom. The smallest absolute Gasteiger partial charge is 0.237 e. The van der Waals surface area contributed by atoms with Crippen LogP contribution in [0.5, 0.6) is 0 Å². The van der Waals surface area contributed by atoms with Crippen molar-refractivity contribution in [3.8, 4) is 0 Å². The van der Waals surface area contributed by atoms with E-state index in [1.165, 1.54) is 0 Å². The molecule has 0 aliphatic heterocycles. The number of likely N-dealkylation sites (N-methyl/N-ethyl adjacent to an activating group) is 1. The number of para-hydroxylation sites is 1. The van der Waals surface area contributed by atoms with E-state index in [1.54, 1.807) is 7.05 Å². The molecule has 1 heterocycles. The molecule has 0 spiro atoms. The van der Waals surface area contributed by atoms with Gasteiger partial charge in [0.15, 0.2) is 0 Å². The van der Waals surface area contributed by atoms with Crippen LogP contribution in [0.25, 0.3) is 11.0 Å². The first-order chi connectivity index (χ1) is 9.67. The molecular weight excluding hydrogens is 252 g/mol. The second-order valence-electron chi connectivity index (χ2n) is 4.98. The summed E-state index contributed by atoms with van der Waals surface area (Å²) in [6, 6.07) is 9.89. The minimum absolute atomic E-state index is 0.0526.